The summed E-state index contributed by atoms with van der Waals surface area (Å²) in [5, 5.41) is 3.74. The molecule has 178 valence electrons. The van der Waals surface area contributed by atoms with E-state index in [1.54, 1.807) is 55.4 Å². The number of methoxy groups -OCH3 is 2. The number of imidazole rings is 1. The number of anilines is 1. The predicted molar refractivity (Wildman–Crippen MR) is 135 cm³/mol. The Morgan fingerprint density at radius 1 is 1.15 bits per heavy atom. The first kappa shape index (κ1) is 25.1. The smallest absolute Gasteiger partial charge is 0.252 e. The van der Waals surface area contributed by atoms with E-state index in [-0.39, 0.29) is 24.0 Å². The van der Waals surface area contributed by atoms with E-state index in [2.05, 4.69) is 15.3 Å². The highest BCUT2D eigenvalue weighted by Crippen LogP contribution is 2.32. The van der Waals surface area contributed by atoms with Gasteiger partial charge in [-0.2, -0.15) is 0 Å². The molecule has 9 nitrogen and oxygen atoms in total. The average molecular weight is 503 g/mol. The van der Waals surface area contributed by atoms with Crippen LogP contribution in [-0.4, -0.2) is 41.2 Å². The number of ether oxygens (including phenoxy) is 2. The molecule has 0 aliphatic rings. The summed E-state index contributed by atoms with van der Waals surface area (Å²) in [4.78, 5) is 21.0. The number of primary amides is 1. The molecule has 1 amide bonds. The van der Waals surface area contributed by atoms with Crippen LogP contribution in [0.1, 0.15) is 22.0 Å². The second kappa shape index (κ2) is 10.6. The molecule has 0 bridgehead atoms. The van der Waals surface area contributed by atoms with Gasteiger partial charge in [0.05, 0.1) is 30.8 Å². The Labute approximate surface area is 207 Å². The van der Waals surface area contributed by atoms with E-state index in [1.165, 1.54) is 0 Å². The zero-order valence-electron chi connectivity index (χ0n) is 18.5. The Kier molecular flexibility index (Phi) is 7.83. The fourth-order valence-electron chi connectivity index (χ4n) is 3.50. The van der Waals surface area contributed by atoms with Gasteiger partial charge < -0.3 is 26.3 Å². The maximum atomic E-state index is 12.0. The largest absolute Gasteiger partial charge is 0.493 e. The number of halogens is 2. The fourth-order valence-corrected chi connectivity index (χ4v) is 3.70. The molecule has 5 N–H and O–H groups in total. The van der Waals surface area contributed by atoms with Crippen LogP contribution in [0.15, 0.2) is 54.9 Å². The Balaban J connectivity index is 0.00000324. The first-order valence-electron chi connectivity index (χ1n) is 10.1. The van der Waals surface area contributed by atoms with E-state index < -0.39 is 5.91 Å². The summed E-state index contributed by atoms with van der Waals surface area (Å²) < 4.78 is 12.5. The number of nitrogens with zero attached hydrogens (tertiary/aromatic N) is 3. The summed E-state index contributed by atoms with van der Waals surface area (Å²) in [6.45, 7) is 0.312. The van der Waals surface area contributed by atoms with Gasteiger partial charge in [-0.25, -0.2) is 9.97 Å². The lowest BCUT2D eigenvalue weighted by Crippen LogP contribution is -2.23. The summed E-state index contributed by atoms with van der Waals surface area (Å²) in [7, 11) is 3.13. The van der Waals surface area contributed by atoms with E-state index in [9.17, 15) is 4.79 Å². The van der Waals surface area contributed by atoms with Crippen molar-refractivity contribution in [3.05, 3.63) is 71.0 Å². The minimum atomic E-state index is -0.602. The van der Waals surface area contributed by atoms with Crippen molar-refractivity contribution in [1.29, 1.82) is 0 Å². The summed E-state index contributed by atoms with van der Waals surface area (Å²) in [6.07, 6.45) is 1.64. The highest BCUT2D eigenvalue weighted by atomic mass is 35.5. The van der Waals surface area contributed by atoms with E-state index >= 15 is 0 Å². The molecule has 2 aromatic carbocycles. The van der Waals surface area contributed by atoms with Gasteiger partial charge in [0.2, 0.25) is 0 Å². The summed E-state index contributed by atoms with van der Waals surface area (Å²) >= 11 is 6.06. The van der Waals surface area contributed by atoms with Crippen molar-refractivity contribution in [2.24, 2.45) is 11.5 Å². The average Bonchev–Trinajstić information content (AvgIpc) is 3.24. The molecule has 4 rings (SSSR count). The third-order valence-corrected chi connectivity index (χ3v) is 5.45. The first-order chi connectivity index (χ1) is 15.9. The van der Waals surface area contributed by atoms with Gasteiger partial charge in [0.1, 0.15) is 18.0 Å². The molecule has 2 heterocycles. The number of aromatic nitrogens is 3. The summed E-state index contributed by atoms with van der Waals surface area (Å²) in [6, 6.07) is 13.8. The van der Waals surface area contributed by atoms with Crippen molar-refractivity contribution in [3.8, 4) is 17.3 Å². The second-order valence-electron chi connectivity index (χ2n) is 7.28. The molecule has 0 radical (unpaired) electrons. The van der Waals surface area contributed by atoms with Gasteiger partial charge >= 0.3 is 0 Å². The molecule has 34 heavy (non-hydrogen) atoms. The number of pyridine rings is 1. The number of carbonyl (C=O) groups is 1. The van der Waals surface area contributed by atoms with Crippen LogP contribution in [0.2, 0.25) is 5.02 Å². The lowest BCUT2D eigenvalue weighted by Gasteiger charge is -2.16. The number of amides is 1. The Morgan fingerprint density at radius 3 is 2.56 bits per heavy atom. The van der Waals surface area contributed by atoms with Gasteiger partial charge in [-0.05, 0) is 29.8 Å². The van der Waals surface area contributed by atoms with Crippen molar-refractivity contribution in [2.75, 3.05) is 26.1 Å². The first-order valence-corrected chi connectivity index (χ1v) is 10.4. The van der Waals surface area contributed by atoms with E-state index in [1.807, 2.05) is 18.2 Å². The summed E-state index contributed by atoms with van der Waals surface area (Å²) in [5.41, 5.74) is 14.4. The molecule has 0 saturated carbocycles. The van der Waals surface area contributed by atoms with Gasteiger partial charge in [-0.1, -0.05) is 23.7 Å². The molecule has 1 atom stereocenters. The van der Waals surface area contributed by atoms with Gasteiger partial charge in [0.25, 0.3) is 5.91 Å². The molecule has 11 heteroatoms. The summed E-state index contributed by atoms with van der Waals surface area (Å²) in [5.74, 6) is 1.39. The van der Waals surface area contributed by atoms with Gasteiger partial charge in [0.15, 0.2) is 11.5 Å². The molecule has 0 unspecified atom stereocenters. The minimum absolute atomic E-state index is 0. The third kappa shape index (κ3) is 5.01. The second-order valence-corrected chi connectivity index (χ2v) is 7.72. The zero-order valence-corrected chi connectivity index (χ0v) is 20.1. The van der Waals surface area contributed by atoms with Crippen LogP contribution in [-0.2, 0) is 0 Å². The maximum Gasteiger partial charge on any atom is 0.252 e. The standard InChI is InChI=1S/C23H23ClN6O3.ClH/c1-32-19-9-17-18(10-20(19)33-2)30(12-28-17)21-7-6-15(22(26)31)23(29-21)27-11-16(25)13-4-3-5-14(24)8-13;/h3-10,12,16H,11,25H2,1-2H3,(H2,26,31)(H,27,29);1H/t16-;/m0./s1. The normalized spacial score (nSPS) is 11.5. The van der Waals surface area contributed by atoms with Crippen LogP contribution in [0, 0.1) is 0 Å². The Hall–Kier alpha value is -3.53. The minimum Gasteiger partial charge on any atom is -0.493 e. The van der Waals surface area contributed by atoms with Crippen molar-refractivity contribution in [2.45, 2.75) is 6.04 Å². The van der Waals surface area contributed by atoms with E-state index in [0.29, 0.717) is 40.2 Å². The van der Waals surface area contributed by atoms with Crippen LogP contribution in [0.5, 0.6) is 11.5 Å². The van der Waals surface area contributed by atoms with Gasteiger partial charge in [0, 0.05) is 29.7 Å². The van der Waals surface area contributed by atoms with Crippen molar-refractivity contribution in [3.63, 3.8) is 0 Å². The molecular weight excluding hydrogens is 479 g/mol. The van der Waals surface area contributed by atoms with Crippen molar-refractivity contribution in [1.82, 2.24) is 14.5 Å². The zero-order chi connectivity index (χ0) is 23.5. The highest BCUT2D eigenvalue weighted by Gasteiger charge is 2.16. The number of nitrogens with one attached hydrogen (secondary N) is 1. The SMILES string of the molecule is COc1cc2ncn(-c3ccc(C(N)=O)c(NC[C@H](N)c4cccc(Cl)c4)n3)c2cc1OC.Cl. The van der Waals surface area contributed by atoms with Crippen LogP contribution in [0.25, 0.3) is 16.9 Å². The third-order valence-electron chi connectivity index (χ3n) is 5.21. The number of benzene rings is 2. The number of carbonyl (C=O) groups excluding carboxylic acids is 1. The molecule has 2 aromatic heterocycles. The molecule has 0 aliphatic carbocycles. The molecular formula is C23H24Cl2N6O3. The molecule has 0 aliphatic heterocycles. The lowest BCUT2D eigenvalue weighted by atomic mass is 10.1. The van der Waals surface area contributed by atoms with Gasteiger partial charge in [-0.15, -0.1) is 12.4 Å². The Bertz CT molecular complexity index is 1330. The maximum absolute atomic E-state index is 12.0. The van der Waals surface area contributed by atoms with Gasteiger partial charge in [-0.3, -0.25) is 9.36 Å². The number of rotatable bonds is 8. The van der Waals surface area contributed by atoms with E-state index in [0.717, 1.165) is 11.1 Å². The molecule has 4 aromatic rings. The monoisotopic (exact) mass is 502 g/mol. The van der Waals surface area contributed by atoms with Crippen LogP contribution in [0.3, 0.4) is 0 Å². The van der Waals surface area contributed by atoms with Crippen LogP contribution >= 0.6 is 24.0 Å². The molecule has 0 spiro atoms. The topological polar surface area (TPSA) is 130 Å². The van der Waals surface area contributed by atoms with Crippen molar-refractivity contribution >= 4 is 46.8 Å². The fraction of sp³-hybridized carbons (Fsp3) is 0.174. The molecule has 0 fully saturated rings. The predicted octanol–water partition coefficient (Wildman–Crippen LogP) is 3.72. The van der Waals surface area contributed by atoms with Crippen LogP contribution in [0.4, 0.5) is 5.82 Å². The van der Waals surface area contributed by atoms with Crippen LogP contribution < -0.4 is 26.3 Å². The number of hydrogen-bond acceptors (Lipinski definition) is 7. The molecule has 0 saturated heterocycles. The van der Waals surface area contributed by atoms with E-state index in [4.69, 9.17) is 32.5 Å². The highest BCUT2D eigenvalue weighted by molar-refractivity contribution is 6.30. The number of hydrogen-bond donors (Lipinski definition) is 3. The Morgan fingerprint density at radius 2 is 1.88 bits per heavy atom. The number of nitrogens with two attached hydrogens (primary N) is 2. The quantitative estimate of drug-likeness (QED) is 0.334. The van der Waals surface area contributed by atoms with Crippen molar-refractivity contribution < 1.29 is 14.3 Å². The number of fused-ring (bicyclic) bond motifs is 1. The lowest BCUT2D eigenvalue weighted by molar-refractivity contribution is 0.100.